The predicted octanol–water partition coefficient (Wildman–Crippen LogP) is 3.15. The Hall–Kier alpha value is -2.31. The van der Waals surface area contributed by atoms with Gasteiger partial charge in [-0.1, -0.05) is 5.16 Å². The van der Waals surface area contributed by atoms with Gasteiger partial charge in [-0.3, -0.25) is 9.59 Å². The SMILES string of the molecule is COC(=O)CCCCC(=O)CC1CC(c2ccc(F)cc2F)=NO1. The molecule has 0 N–H and O–H groups in total. The van der Waals surface area contributed by atoms with Crippen molar-refractivity contribution in [2.24, 2.45) is 5.16 Å². The molecular formula is C17H19F2NO4. The van der Waals surface area contributed by atoms with Gasteiger partial charge in [0.25, 0.3) is 0 Å². The Balaban J connectivity index is 1.74. The molecule has 7 heteroatoms. The summed E-state index contributed by atoms with van der Waals surface area (Å²) < 4.78 is 31.2. The molecule has 0 amide bonds. The number of Topliss-reactive ketones (excluding diaryl/α,β-unsaturated/α-hetero) is 1. The Morgan fingerprint density at radius 2 is 2.04 bits per heavy atom. The lowest BCUT2D eigenvalue weighted by molar-refractivity contribution is -0.140. The maximum Gasteiger partial charge on any atom is 0.305 e. The molecule has 0 saturated heterocycles. The molecule has 1 aromatic rings. The summed E-state index contributed by atoms with van der Waals surface area (Å²) in [5, 5.41) is 3.80. The molecular weight excluding hydrogens is 320 g/mol. The lowest BCUT2D eigenvalue weighted by Gasteiger charge is -2.07. The number of ether oxygens (including phenoxy) is 1. The van der Waals surface area contributed by atoms with Crippen molar-refractivity contribution in [3.8, 4) is 0 Å². The second-order valence-electron chi connectivity index (χ2n) is 5.62. The molecule has 0 radical (unpaired) electrons. The lowest BCUT2D eigenvalue weighted by atomic mass is 10.00. The fourth-order valence-corrected chi connectivity index (χ4v) is 2.47. The highest BCUT2D eigenvalue weighted by molar-refractivity contribution is 6.01. The van der Waals surface area contributed by atoms with Crippen molar-refractivity contribution >= 4 is 17.5 Å². The number of hydrogen-bond acceptors (Lipinski definition) is 5. The van der Waals surface area contributed by atoms with Crippen LogP contribution in [0.1, 0.15) is 44.1 Å². The summed E-state index contributed by atoms with van der Waals surface area (Å²) in [5.74, 6) is -1.65. The van der Waals surface area contributed by atoms with Crippen molar-refractivity contribution < 1.29 is 27.9 Å². The van der Waals surface area contributed by atoms with Crippen molar-refractivity contribution in [2.75, 3.05) is 7.11 Å². The van der Waals surface area contributed by atoms with E-state index in [1.54, 1.807) is 0 Å². The van der Waals surface area contributed by atoms with Crippen LogP contribution in [0, 0.1) is 11.6 Å². The maximum absolute atomic E-state index is 13.7. The first-order valence-electron chi connectivity index (χ1n) is 7.76. The number of methoxy groups -OCH3 is 1. The van der Waals surface area contributed by atoms with E-state index in [1.807, 2.05) is 0 Å². The van der Waals surface area contributed by atoms with E-state index in [-0.39, 0.29) is 23.7 Å². The Bertz CT molecular complexity index is 645. The van der Waals surface area contributed by atoms with Crippen LogP contribution in [0.5, 0.6) is 0 Å². The summed E-state index contributed by atoms with van der Waals surface area (Å²) in [6.45, 7) is 0. The van der Waals surface area contributed by atoms with E-state index in [2.05, 4.69) is 9.89 Å². The molecule has 1 aromatic carbocycles. The van der Waals surface area contributed by atoms with E-state index in [0.29, 0.717) is 37.8 Å². The monoisotopic (exact) mass is 339 g/mol. The van der Waals surface area contributed by atoms with Gasteiger partial charge in [0.2, 0.25) is 0 Å². The molecule has 0 saturated carbocycles. The third-order valence-electron chi connectivity index (χ3n) is 3.74. The number of unbranched alkanes of at least 4 members (excludes halogenated alkanes) is 1. The van der Waals surface area contributed by atoms with Crippen LogP contribution in [0.4, 0.5) is 8.78 Å². The fourth-order valence-electron chi connectivity index (χ4n) is 2.47. The average Bonchev–Trinajstić information content (AvgIpc) is 2.99. The zero-order valence-corrected chi connectivity index (χ0v) is 13.4. The second kappa shape index (κ2) is 8.52. The Morgan fingerprint density at radius 3 is 2.75 bits per heavy atom. The van der Waals surface area contributed by atoms with Crippen molar-refractivity contribution in [2.45, 2.75) is 44.6 Å². The molecule has 0 aromatic heterocycles. The summed E-state index contributed by atoms with van der Waals surface area (Å²) in [7, 11) is 1.33. The maximum atomic E-state index is 13.7. The van der Waals surface area contributed by atoms with Crippen molar-refractivity contribution in [1.82, 2.24) is 0 Å². The van der Waals surface area contributed by atoms with Crippen LogP contribution in [0.15, 0.2) is 23.4 Å². The minimum Gasteiger partial charge on any atom is -0.469 e. The van der Waals surface area contributed by atoms with Gasteiger partial charge in [-0.05, 0) is 25.0 Å². The molecule has 0 aliphatic carbocycles. The van der Waals surface area contributed by atoms with Gasteiger partial charge in [-0.2, -0.15) is 0 Å². The smallest absolute Gasteiger partial charge is 0.305 e. The molecule has 0 bridgehead atoms. The number of ketones is 1. The second-order valence-corrected chi connectivity index (χ2v) is 5.62. The number of esters is 1. The Labute approximate surface area is 138 Å². The number of halogens is 2. The van der Waals surface area contributed by atoms with Crippen LogP contribution in [0.2, 0.25) is 0 Å². The Kier molecular flexibility index (Phi) is 6.40. The number of carbonyl (C=O) groups is 2. The highest BCUT2D eigenvalue weighted by atomic mass is 19.1. The summed E-state index contributed by atoms with van der Waals surface area (Å²) in [5.41, 5.74) is 0.556. The van der Waals surface area contributed by atoms with Crippen molar-refractivity contribution in [3.05, 3.63) is 35.4 Å². The summed E-state index contributed by atoms with van der Waals surface area (Å²) in [4.78, 5) is 28.0. The van der Waals surface area contributed by atoms with Crippen LogP contribution < -0.4 is 0 Å². The van der Waals surface area contributed by atoms with Crippen LogP contribution in [0.25, 0.3) is 0 Å². The van der Waals surface area contributed by atoms with Crippen molar-refractivity contribution in [1.29, 1.82) is 0 Å². The highest BCUT2D eigenvalue weighted by Crippen LogP contribution is 2.22. The zero-order valence-electron chi connectivity index (χ0n) is 13.4. The number of carbonyl (C=O) groups excluding carboxylic acids is 2. The van der Waals surface area contributed by atoms with Crippen LogP contribution >= 0.6 is 0 Å². The molecule has 1 unspecified atom stereocenters. The highest BCUT2D eigenvalue weighted by Gasteiger charge is 2.26. The topological polar surface area (TPSA) is 65.0 Å². The van der Waals surface area contributed by atoms with E-state index in [1.165, 1.54) is 13.2 Å². The normalized spacial score (nSPS) is 16.5. The minimum atomic E-state index is -0.702. The predicted molar refractivity (Wildman–Crippen MR) is 82.5 cm³/mol. The first kappa shape index (κ1) is 18.0. The van der Waals surface area contributed by atoms with Crippen molar-refractivity contribution in [3.63, 3.8) is 0 Å². The fraction of sp³-hybridized carbons (Fsp3) is 0.471. The van der Waals surface area contributed by atoms with Gasteiger partial charge in [0.1, 0.15) is 23.5 Å². The third-order valence-corrected chi connectivity index (χ3v) is 3.74. The first-order valence-corrected chi connectivity index (χ1v) is 7.76. The standard InChI is InChI=1S/C17H19F2NO4/c1-23-17(22)5-3-2-4-12(21)9-13-10-16(20-24-13)14-7-6-11(18)8-15(14)19/h6-8,13H,2-5,9-10H2,1H3. The van der Waals surface area contributed by atoms with Gasteiger partial charge in [0.15, 0.2) is 0 Å². The number of oxime groups is 1. The van der Waals surface area contributed by atoms with Gasteiger partial charge < -0.3 is 9.57 Å². The van der Waals surface area contributed by atoms with Gasteiger partial charge in [0.05, 0.1) is 12.8 Å². The molecule has 24 heavy (non-hydrogen) atoms. The zero-order chi connectivity index (χ0) is 17.5. The summed E-state index contributed by atoms with van der Waals surface area (Å²) >= 11 is 0. The van der Waals surface area contributed by atoms with Crippen LogP contribution in [-0.4, -0.2) is 30.7 Å². The van der Waals surface area contributed by atoms with Gasteiger partial charge in [0, 0.05) is 37.3 Å². The van der Waals surface area contributed by atoms with Gasteiger partial charge in [-0.25, -0.2) is 8.78 Å². The molecule has 1 atom stereocenters. The number of nitrogens with zero attached hydrogens (tertiary/aromatic N) is 1. The molecule has 2 rings (SSSR count). The van der Waals surface area contributed by atoms with Gasteiger partial charge >= 0.3 is 5.97 Å². The molecule has 1 aliphatic heterocycles. The number of hydrogen-bond donors (Lipinski definition) is 0. The average molecular weight is 339 g/mol. The molecule has 130 valence electrons. The lowest BCUT2D eigenvalue weighted by Crippen LogP contribution is -2.15. The van der Waals surface area contributed by atoms with E-state index in [0.717, 1.165) is 12.1 Å². The first-order chi connectivity index (χ1) is 11.5. The van der Waals surface area contributed by atoms with E-state index in [9.17, 15) is 18.4 Å². The number of rotatable bonds is 8. The largest absolute Gasteiger partial charge is 0.469 e. The van der Waals surface area contributed by atoms with Crippen LogP contribution in [-0.2, 0) is 19.2 Å². The quantitative estimate of drug-likeness (QED) is 0.539. The summed E-state index contributed by atoms with van der Waals surface area (Å²) in [6, 6.07) is 3.25. The minimum absolute atomic E-state index is 0.000828. The molecule has 1 heterocycles. The van der Waals surface area contributed by atoms with Gasteiger partial charge in [-0.15, -0.1) is 0 Å². The number of benzene rings is 1. The third kappa shape index (κ3) is 5.11. The van der Waals surface area contributed by atoms with E-state index < -0.39 is 17.7 Å². The van der Waals surface area contributed by atoms with E-state index >= 15 is 0 Å². The van der Waals surface area contributed by atoms with Crippen LogP contribution in [0.3, 0.4) is 0 Å². The summed E-state index contributed by atoms with van der Waals surface area (Å²) in [6.07, 6.45) is 1.87. The molecule has 1 aliphatic rings. The van der Waals surface area contributed by atoms with E-state index in [4.69, 9.17) is 4.84 Å². The molecule has 0 fully saturated rings. The molecule has 0 spiro atoms. The Morgan fingerprint density at radius 1 is 1.29 bits per heavy atom. The molecule has 5 nitrogen and oxygen atoms in total.